The highest BCUT2D eigenvalue weighted by molar-refractivity contribution is 7.22. The maximum Gasteiger partial charge on any atom is 0.181 e. The van der Waals surface area contributed by atoms with Gasteiger partial charge in [0.25, 0.3) is 0 Å². The van der Waals surface area contributed by atoms with Gasteiger partial charge in [0, 0.05) is 0 Å². The molecule has 5 heteroatoms. The van der Waals surface area contributed by atoms with Crippen molar-refractivity contribution in [1.82, 2.24) is 9.97 Å². The van der Waals surface area contributed by atoms with Gasteiger partial charge in [0.1, 0.15) is 11.0 Å². The average molecular weight is 207 g/mol. The second-order valence-corrected chi connectivity index (χ2v) is 4.61. The van der Waals surface area contributed by atoms with E-state index in [1.54, 1.807) is 11.3 Å². The van der Waals surface area contributed by atoms with E-state index in [0.717, 1.165) is 20.4 Å². The molecule has 2 aromatic heterocycles. The summed E-state index contributed by atoms with van der Waals surface area (Å²) in [6, 6.07) is 4.11. The Bertz CT molecular complexity index is 581. The molecule has 0 saturated carbocycles. The van der Waals surface area contributed by atoms with E-state index in [-0.39, 0.29) is 0 Å². The summed E-state index contributed by atoms with van der Waals surface area (Å²) in [6.07, 6.45) is 0. The first-order chi connectivity index (χ1) is 6.34. The Balaban J connectivity index is 2.64. The number of aromatic nitrogens is 2. The number of hydrogen-bond acceptors (Lipinski definition) is 5. The zero-order valence-electron chi connectivity index (χ0n) is 6.52. The third kappa shape index (κ3) is 0.942. The van der Waals surface area contributed by atoms with Crippen molar-refractivity contribution in [3.8, 4) is 0 Å². The fraction of sp³-hybridized carbons (Fsp3) is 0. The number of anilines is 1. The van der Waals surface area contributed by atoms with Crippen LogP contribution in [0.15, 0.2) is 17.6 Å². The quantitative estimate of drug-likeness (QED) is 0.616. The van der Waals surface area contributed by atoms with Gasteiger partial charge in [0.2, 0.25) is 0 Å². The maximum absolute atomic E-state index is 5.63. The average Bonchev–Trinajstić information content (AvgIpc) is 2.65. The first-order valence-electron chi connectivity index (χ1n) is 3.73. The number of hydrogen-bond donors (Lipinski definition) is 1. The molecule has 0 aliphatic carbocycles. The van der Waals surface area contributed by atoms with Crippen molar-refractivity contribution in [2.24, 2.45) is 0 Å². The monoisotopic (exact) mass is 207 g/mol. The summed E-state index contributed by atoms with van der Waals surface area (Å²) < 4.78 is 2.27. The molecule has 3 nitrogen and oxygen atoms in total. The van der Waals surface area contributed by atoms with Crippen LogP contribution in [-0.2, 0) is 0 Å². The van der Waals surface area contributed by atoms with E-state index in [0.29, 0.717) is 5.13 Å². The molecule has 1 aromatic carbocycles. The molecule has 0 spiro atoms. The van der Waals surface area contributed by atoms with Crippen LogP contribution >= 0.6 is 22.7 Å². The van der Waals surface area contributed by atoms with Gasteiger partial charge in [0.15, 0.2) is 5.13 Å². The number of fused-ring (bicyclic) bond motifs is 3. The Morgan fingerprint density at radius 3 is 2.92 bits per heavy atom. The van der Waals surface area contributed by atoms with Gasteiger partial charge in [-0.25, -0.2) is 9.97 Å². The SMILES string of the molecule is Nc1nc2c(ccc3scnc32)s1. The van der Waals surface area contributed by atoms with E-state index in [1.807, 2.05) is 11.6 Å². The Kier molecular flexibility index (Phi) is 1.33. The Morgan fingerprint density at radius 2 is 2.00 bits per heavy atom. The summed E-state index contributed by atoms with van der Waals surface area (Å²) in [5.74, 6) is 0. The topological polar surface area (TPSA) is 51.8 Å². The lowest BCUT2D eigenvalue weighted by Crippen LogP contribution is -1.79. The molecule has 64 valence electrons. The summed E-state index contributed by atoms with van der Waals surface area (Å²) in [6.45, 7) is 0. The third-order valence-corrected chi connectivity index (χ3v) is 3.52. The highest BCUT2D eigenvalue weighted by Gasteiger charge is 2.06. The molecule has 2 heterocycles. The van der Waals surface area contributed by atoms with Crippen molar-refractivity contribution in [3.63, 3.8) is 0 Å². The van der Waals surface area contributed by atoms with Crippen LogP contribution in [0.5, 0.6) is 0 Å². The fourth-order valence-corrected chi connectivity index (χ4v) is 2.75. The van der Waals surface area contributed by atoms with Crippen molar-refractivity contribution in [2.45, 2.75) is 0 Å². The van der Waals surface area contributed by atoms with Gasteiger partial charge < -0.3 is 5.73 Å². The normalized spacial score (nSPS) is 11.4. The molecule has 0 aliphatic rings. The lowest BCUT2D eigenvalue weighted by molar-refractivity contribution is 1.46. The van der Waals surface area contributed by atoms with Crippen LogP contribution in [-0.4, -0.2) is 9.97 Å². The lowest BCUT2D eigenvalue weighted by atomic mass is 10.3. The number of thiazole rings is 2. The first-order valence-corrected chi connectivity index (χ1v) is 5.42. The summed E-state index contributed by atoms with van der Waals surface area (Å²) in [7, 11) is 0. The largest absolute Gasteiger partial charge is 0.375 e. The number of nitrogens with zero attached hydrogens (tertiary/aromatic N) is 2. The molecule has 0 saturated heterocycles. The zero-order chi connectivity index (χ0) is 8.84. The van der Waals surface area contributed by atoms with E-state index >= 15 is 0 Å². The second kappa shape index (κ2) is 2.40. The Hall–Kier alpha value is -1.20. The highest BCUT2D eigenvalue weighted by Crippen LogP contribution is 2.30. The predicted molar refractivity (Wildman–Crippen MR) is 57.2 cm³/mol. The van der Waals surface area contributed by atoms with Crippen LogP contribution in [0.25, 0.3) is 20.4 Å². The van der Waals surface area contributed by atoms with Crippen molar-refractivity contribution >= 4 is 48.2 Å². The van der Waals surface area contributed by atoms with Crippen LogP contribution in [0.1, 0.15) is 0 Å². The smallest absolute Gasteiger partial charge is 0.181 e. The van der Waals surface area contributed by atoms with Crippen molar-refractivity contribution in [3.05, 3.63) is 17.6 Å². The molecule has 0 atom stereocenters. The molecule has 0 aliphatic heterocycles. The molecule has 0 radical (unpaired) electrons. The van der Waals surface area contributed by atoms with Crippen LogP contribution in [0.3, 0.4) is 0 Å². The fourth-order valence-electron chi connectivity index (χ4n) is 1.33. The lowest BCUT2D eigenvalue weighted by Gasteiger charge is -1.87. The second-order valence-electron chi connectivity index (χ2n) is 2.66. The minimum Gasteiger partial charge on any atom is -0.375 e. The van der Waals surface area contributed by atoms with Crippen LogP contribution in [0.2, 0.25) is 0 Å². The highest BCUT2D eigenvalue weighted by atomic mass is 32.1. The minimum atomic E-state index is 0.607. The van der Waals surface area contributed by atoms with Gasteiger partial charge in [-0.1, -0.05) is 11.3 Å². The molecule has 0 bridgehead atoms. The standard InChI is InChI=1S/C8H5N3S2/c9-8-11-7-5(13-8)2-1-4-6(7)10-3-12-4/h1-3H,(H2,9,11). The summed E-state index contributed by atoms with van der Waals surface area (Å²) in [5.41, 5.74) is 9.37. The zero-order valence-corrected chi connectivity index (χ0v) is 8.15. The molecular formula is C8H5N3S2. The summed E-state index contributed by atoms with van der Waals surface area (Å²) in [4.78, 5) is 8.52. The van der Waals surface area contributed by atoms with Crippen LogP contribution in [0.4, 0.5) is 5.13 Å². The Morgan fingerprint density at radius 1 is 1.15 bits per heavy atom. The van der Waals surface area contributed by atoms with Crippen molar-refractivity contribution < 1.29 is 0 Å². The Labute approximate surface area is 81.9 Å². The first kappa shape index (κ1) is 7.23. The third-order valence-electron chi connectivity index (χ3n) is 1.88. The van der Waals surface area contributed by atoms with Crippen LogP contribution in [0, 0.1) is 0 Å². The van der Waals surface area contributed by atoms with Gasteiger partial charge in [-0.3, -0.25) is 0 Å². The van der Waals surface area contributed by atoms with E-state index in [9.17, 15) is 0 Å². The van der Waals surface area contributed by atoms with Crippen molar-refractivity contribution in [1.29, 1.82) is 0 Å². The maximum atomic E-state index is 5.63. The molecule has 0 amide bonds. The van der Waals surface area contributed by atoms with E-state index in [4.69, 9.17) is 5.73 Å². The van der Waals surface area contributed by atoms with Crippen molar-refractivity contribution in [2.75, 3.05) is 5.73 Å². The minimum absolute atomic E-state index is 0.607. The van der Waals surface area contributed by atoms with Gasteiger partial charge in [0.05, 0.1) is 14.9 Å². The van der Waals surface area contributed by atoms with E-state index < -0.39 is 0 Å². The molecule has 13 heavy (non-hydrogen) atoms. The predicted octanol–water partition coefficient (Wildman–Crippen LogP) is 2.49. The number of nitrogen functional groups attached to an aromatic ring is 1. The summed E-state index contributed by atoms with van der Waals surface area (Å²) in [5, 5.41) is 0.607. The number of benzene rings is 1. The van der Waals surface area contributed by atoms with Gasteiger partial charge >= 0.3 is 0 Å². The molecular weight excluding hydrogens is 202 g/mol. The van der Waals surface area contributed by atoms with Crippen LogP contribution < -0.4 is 5.73 Å². The molecule has 0 unspecified atom stereocenters. The summed E-state index contributed by atoms with van der Waals surface area (Å²) >= 11 is 3.13. The van der Waals surface area contributed by atoms with E-state index in [2.05, 4.69) is 16.0 Å². The molecule has 2 N–H and O–H groups in total. The molecule has 3 rings (SSSR count). The number of nitrogens with two attached hydrogens (primary N) is 1. The van der Waals surface area contributed by atoms with Gasteiger partial charge in [-0.2, -0.15) is 0 Å². The number of rotatable bonds is 0. The molecule has 0 fully saturated rings. The van der Waals surface area contributed by atoms with Gasteiger partial charge in [-0.15, -0.1) is 11.3 Å². The van der Waals surface area contributed by atoms with Gasteiger partial charge in [-0.05, 0) is 12.1 Å². The van der Waals surface area contributed by atoms with E-state index in [1.165, 1.54) is 11.3 Å². The molecule has 3 aromatic rings.